The van der Waals surface area contributed by atoms with Gasteiger partial charge in [0.25, 0.3) is 5.91 Å². The maximum atomic E-state index is 13.4. The maximum Gasteiger partial charge on any atom is 0.409 e. The first-order valence-corrected chi connectivity index (χ1v) is 14.2. The number of ether oxygens (including phenoxy) is 3. The standard InChI is InChI=1S/C23H33N7O9S2/c1-10(39-20(34)23(2,3)4)38-19(33)14-11(8-37-22(35)29(5)6)9-40-18-13(17(32)30(14)18)25-16(31)12(27-36-7)15-26-21(24)41-28-15/h10-11,13-14,18H,8-9H2,1-7H3,(H,25,31)(H2,24,26,28)/b27-12+. The number of nitrogens with zero attached hydrogens (tertiary/aromatic N) is 5. The van der Waals surface area contributed by atoms with Gasteiger partial charge in [-0.2, -0.15) is 9.36 Å². The van der Waals surface area contributed by atoms with E-state index in [4.69, 9.17) is 24.8 Å². The van der Waals surface area contributed by atoms with E-state index < -0.39 is 64.9 Å². The fourth-order valence-electron chi connectivity index (χ4n) is 3.79. The zero-order valence-electron chi connectivity index (χ0n) is 23.6. The monoisotopic (exact) mass is 615 g/mol. The summed E-state index contributed by atoms with van der Waals surface area (Å²) in [7, 11) is 4.25. The van der Waals surface area contributed by atoms with Gasteiger partial charge >= 0.3 is 18.0 Å². The Morgan fingerprint density at radius 3 is 2.49 bits per heavy atom. The van der Waals surface area contributed by atoms with Crippen molar-refractivity contribution in [3.63, 3.8) is 0 Å². The number of anilines is 1. The van der Waals surface area contributed by atoms with Crippen LogP contribution in [0.4, 0.5) is 9.93 Å². The summed E-state index contributed by atoms with van der Waals surface area (Å²) in [4.78, 5) is 75.1. The lowest BCUT2D eigenvalue weighted by Gasteiger charge is -2.54. The lowest BCUT2D eigenvalue weighted by atomic mass is 9.93. The normalized spacial score (nSPS) is 23.0. The molecule has 18 heteroatoms. The highest BCUT2D eigenvalue weighted by Crippen LogP contribution is 2.41. The zero-order chi connectivity index (χ0) is 30.6. The maximum absolute atomic E-state index is 13.4. The first kappa shape index (κ1) is 31.9. The SMILES string of the molecule is CO/N=C(/C(=O)NC1C(=O)N2C1SCC(COC(=O)N(C)C)C2C(=O)OC(C)OC(=O)C(C)(C)C)c1nsc(N)n1. The number of carbonyl (C=O) groups excluding carboxylic acids is 5. The minimum Gasteiger partial charge on any atom is -0.449 e. The van der Waals surface area contributed by atoms with Crippen LogP contribution in [0.25, 0.3) is 0 Å². The Morgan fingerprint density at radius 1 is 1.24 bits per heavy atom. The van der Waals surface area contributed by atoms with Crippen LogP contribution in [0.15, 0.2) is 5.16 Å². The third-order valence-electron chi connectivity index (χ3n) is 5.84. The van der Waals surface area contributed by atoms with Crippen LogP contribution >= 0.6 is 23.3 Å². The fourth-order valence-corrected chi connectivity index (χ4v) is 5.72. The molecule has 0 bridgehead atoms. The van der Waals surface area contributed by atoms with Crippen LogP contribution in [0.5, 0.6) is 0 Å². The molecule has 226 valence electrons. The number of hydrogen-bond donors (Lipinski definition) is 2. The number of nitrogens with one attached hydrogen (secondary N) is 1. The summed E-state index contributed by atoms with van der Waals surface area (Å²) >= 11 is 2.14. The van der Waals surface area contributed by atoms with Crippen molar-refractivity contribution in [2.45, 2.75) is 51.4 Å². The number of hydrogen-bond acceptors (Lipinski definition) is 15. The number of carbonyl (C=O) groups is 5. The number of thioether (sulfide) groups is 1. The van der Waals surface area contributed by atoms with E-state index in [1.54, 1.807) is 20.8 Å². The van der Waals surface area contributed by atoms with Crippen LogP contribution in [0.3, 0.4) is 0 Å². The Morgan fingerprint density at radius 2 is 1.93 bits per heavy atom. The molecule has 2 aliphatic heterocycles. The predicted octanol–water partition coefficient (Wildman–Crippen LogP) is 0.0322. The average molecular weight is 616 g/mol. The minimum absolute atomic E-state index is 0.0743. The van der Waals surface area contributed by atoms with Gasteiger partial charge in [-0.05, 0) is 20.8 Å². The smallest absolute Gasteiger partial charge is 0.409 e. The summed E-state index contributed by atoms with van der Waals surface area (Å²) in [6, 6.07) is -2.21. The fraction of sp³-hybridized carbons (Fsp3) is 0.652. The van der Waals surface area contributed by atoms with E-state index in [1.165, 1.54) is 49.7 Å². The molecule has 3 amide bonds. The van der Waals surface area contributed by atoms with Crippen LogP contribution in [0, 0.1) is 11.3 Å². The molecule has 3 N–H and O–H groups in total. The molecule has 41 heavy (non-hydrogen) atoms. The summed E-state index contributed by atoms with van der Waals surface area (Å²) in [6.45, 7) is 6.15. The Kier molecular flexibility index (Phi) is 10.0. The number of aromatic nitrogens is 2. The molecule has 5 unspecified atom stereocenters. The Bertz CT molecular complexity index is 1220. The van der Waals surface area contributed by atoms with Crippen molar-refractivity contribution in [3.05, 3.63) is 5.82 Å². The van der Waals surface area contributed by atoms with Gasteiger partial charge < -0.3 is 39.9 Å². The van der Waals surface area contributed by atoms with E-state index in [0.717, 1.165) is 11.5 Å². The molecule has 3 rings (SSSR count). The van der Waals surface area contributed by atoms with Gasteiger partial charge in [-0.3, -0.25) is 14.4 Å². The van der Waals surface area contributed by atoms with Gasteiger partial charge in [-0.1, -0.05) is 5.16 Å². The van der Waals surface area contributed by atoms with Crippen molar-refractivity contribution in [2.24, 2.45) is 16.5 Å². The van der Waals surface area contributed by atoms with Crippen molar-refractivity contribution in [2.75, 3.05) is 39.3 Å². The molecule has 1 aromatic heterocycles. The van der Waals surface area contributed by atoms with Gasteiger partial charge in [0, 0.05) is 44.2 Å². The summed E-state index contributed by atoms with van der Waals surface area (Å²) < 4.78 is 19.9. The summed E-state index contributed by atoms with van der Waals surface area (Å²) in [5.41, 5.74) is 4.49. The Balaban J connectivity index is 1.77. The van der Waals surface area contributed by atoms with Crippen LogP contribution in [-0.4, -0.2) is 112 Å². The van der Waals surface area contributed by atoms with Crippen molar-refractivity contribution in [1.82, 2.24) is 24.5 Å². The number of oxime groups is 1. The van der Waals surface area contributed by atoms with Gasteiger partial charge in [0.15, 0.2) is 5.13 Å². The molecule has 3 heterocycles. The van der Waals surface area contributed by atoms with E-state index in [-0.39, 0.29) is 29.0 Å². The highest BCUT2D eigenvalue weighted by atomic mass is 32.2. The van der Waals surface area contributed by atoms with Gasteiger partial charge in [-0.25, -0.2) is 9.59 Å². The Hall–Kier alpha value is -3.67. The van der Waals surface area contributed by atoms with Crippen LogP contribution in [0.2, 0.25) is 0 Å². The molecule has 0 radical (unpaired) electrons. The number of nitrogen functional groups attached to an aromatic ring is 1. The molecule has 0 saturated carbocycles. The molecule has 2 saturated heterocycles. The van der Waals surface area contributed by atoms with E-state index >= 15 is 0 Å². The molecular formula is C23H33N7O9S2. The molecule has 2 aliphatic rings. The Labute approximate surface area is 244 Å². The van der Waals surface area contributed by atoms with Crippen molar-refractivity contribution < 1.29 is 43.0 Å². The van der Waals surface area contributed by atoms with E-state index in [2.05, 4.69) is 19.8 Å². The molecule has 2 fully saturated rings. The molecule has 0 spiro atoms. The highest BCUT2D eigenvalue weighted by molar-refractivity contribution is 8.00. The molecule has 0 aliphatic carbocycles. The van der Waals surface area contributed by atoms with Gasteiger partial charge in [-0.15, -0.1) is 11.8 Å². The summed E-state index contributed by atoms with van der Waals surface area (Å²) in [5, 5.41) is 5.70. The first-order chi connectivity index (χ1) is 19.1. The third-order valence-corrected chi connectivity index (χ3v) is 7.84. The van der Waals surface area contributed by atoms with E-state index in [1.807, 2.05) is 0 Å². The molecular weight excluding hydrogens is 582 g/mol. The quantitative estimate of drug-likeness (QED) is 0.124. The molecule has 0 aromatic carbocycles. The van der Waals surface area contributed by atoms with Crippen molar-refractivity contribution in [1.29, 1.82) is 0 Å². The summed E-state index contributed by atoms with van der Waals surface area (Å²) in [6.07, 6.45) is -1.87. The average Bonchev–Trinajstić information content (AvgIpc) is 3.32. The second-order valence-corrected chi connectivity index (χ2v) is 12.3. The van der Waals surface area contributed by atoms with Crippen LogP contribution in [-0.2, 0) is 38.2 Å². The number of fused-ring (bicyclic) bond motifs is 1. The van der Waals surface area contributed by atoms with Crippen molar-refractivity contribution >= 4 is 64.0 Å². The largest absolute Gasteiger partial charge is 0.449 e. The van der Waals surface area contributed by atoms with Crippen LogP contribution in [0.1, 0.15) is 33.5 Å². The highest BCUT2D eigenvalue weighted by Gasteiger charge is 2.59. The minimum atomic E-state index is -1.25. The van der Waals surface area contributed by atoms with E-state index in [9.17, 15) is 24.0 Å². The number of esters is 2. The van der Waals surface area contributed by atoms with Crippen LogP contribution < -0.4 is 11.1 Å². The third kappa shape index (κ3) is 7.35. The van der Waals surface area contributed by atoms with Gasteiger partial charge in [0.2, 0.25) is 23.7 Å². The molecule has 16 nitrogen and oxygen atoms in total. The van der Waals surface area contributed by atoms with Gasteiger partial charge in [0.05, 0.1) is 12.0 Å². The molecule has 1 aromatic rings. The lowest BCUT2D eigenvalue weighted by Crippen LogP contribution is -2.76. The summed E-state index contributed by atoms with van der Waals surface area (Å²) in [5.74, 6) is -3.24. The number of β-lactam (4-membered cyclic amide) rings is 1. The second-order valence-electron chi connectivity index (χ2n) is 10.3. The topological polar surface area (TPSA) is 205 Å². The van der Waals surface area contributed by atoms with E-state index in [0.29, 0.717) is 0 Å². The second kappa shape index (κ2) is 12.9. The number of rotatable bonds is 9. The lowest BCUT2D eigenvalue weighted by molar-refractivity contribution is -0.198. The van der Waals surface area contributed by atoms with Crippen molar-refractivity contribution in [3.8, 4) is 0 Å². The number of amides is 3. The number of nitrogens with two attached hydrogens (primary N) is 1. The first-order valence-electron chi connectivity index (χ1n) is 12.4. The predicted molar refractivity (Wildman–Crippen MR) is 146 cm³/mol. The zero-order valence-corrected chi connectivity index (χ0v) is 25.2. The van der Waals surface area contributed by atoms with Gasteiger partial charge in [0.1, 0.15) is 24.6 Å². The molecule has 5 atom stereocenters.